The molecule has 0 unspecified atom stereocenters. The minimum Gasteiger partial charge on any atom is -0.390 e. The lowest BCUT2D eigenvalue weighted by atomic mass is 9.79. The van der Waals surface area contributed by atoms with E-state index in [-0.39, 0.29) is 5.91 Å². The van der Waals surface area contributed by atoms with Gasteiger partial charge < -0.3 is 14.9 Å². The molecule has 2 fully saturated rings. The van der Waals surface area contributed by atoms with Crippen LogP contribution in [0.5, 0.6) is 0 Å². The molecule has 132 valence electrons. The third kappa shape index (κ3) is 4.17. The predicted octanol–water partition coefficient (Wildman–Crippen LogP) is 2.49. The zero-order chi connectivity index (χ0) is 16.9. The van der Waals surface area contributed by atoms with E-state index < -0.39 is 6.10 Å². The molecule has 2 saturated heterocycles. The monoisotopic (exact) mass is 330 g/mol. The Bertz CT molecular complexity index is 534. The van der Waals surface area contributed by atoms with Crippen LogP contribution in [0.2, 0.25) is 0 Å². The fraction of sp³-hybridized carbons (Fsp3) is 0.650. The highest BCUT2D eigenvalue weighted by Gasteiger charge is 2.30. The van der Waals surface area contributed by atoms with Gasteiger partial charge in [-0.2, -0.15) is 0 Å². The Balaban J connectivity index is 1.52. The van der Waals surface area contributed by atoms with Crippen LogP contribution < -0.4 is 0 Å². The van der Waals surface area contributed by atoms with Crippen LogP contribution in [-0.4, -0.2) is 59.6 Å². The number of piperidine rings is 1. The summed E-state index contributed by atoms with van der Waals surface area (Å²) in [5, 5.41) is 10.4. The van der Waals surface area contributed by atoms with Crippen LogP contribution in [0.4, 0.5) is 0 Å². The lowest BCUT2D eigenvalue weighted by Gasteiger charge is -2.39. The van der Waals surface area contributed by atoms with E-state index in [1.165, 1.54) is 5.56 Å². The molecule has 0 spiro atoms. The average molecular weight is 330 g/mol. The SMILES string of the molecule is CC[C@@H]1CN(C[C@H](O)CN2CCCC2=O)CC[C@H]1c1ccccc1. The maximum absolute atomic E-state index is 11.7. The van der Waals surface area contributed by atoms with E-state index in [4.69, 9.17) is 0 Å². The van der Waals surface area contributed by atoms with Crippen LogP contribution >= 0.6 is 0 Å². The molecule has 1 N–H and O–H groups in total. The molecule has 3 atom stereocenters. The highest BCUT2D eigenvalue weighted by molar-refractivity contribution is 5.78. The summed E-state index contributed by atoms with van der Waals surface area (Å²) in [7, 11) is 0. The molecule has 0 aliphatic carbocycles. The Hall–Kier alpha value is -1.39. The van der Waals surface area contributed by atoms with Gasteiger partial charge in [0.2, 0.25) is 5.91 Å². The molecule has 0 saturated carbocycles. The number of hydrogen-bond acceptors (Lipinski definition) is 3. The van der Waals surface area contributed by atoms with Crippen molar-refractivity contribution in [1.82, 2.24) is 9.80 Å². The fourth-order valence-corrected chi connectivity index (χ4v) is 4.33. The number of likely N-dealkylation sites (tertiary alicyclic amines) is 2. The number of hydrogen-bond donors (Lipinski definition) is 1. The second-order valence-corrected chi connectivity index (χ2v) is 7.33. The molecule has 0 bridgehead atoms. The van der Waals surface area contributed by atoms with Gasteiger partial charge >= 0.3 is 0 Å². The molecule has 2 heterocycles. The predicted molar refractivity (Wildman–Crippen MR) is 95.8 cm³/mol. The maximum Gasteiger partial charge on any atom is 0.222 e. The molecular formula is C20H30N2O2. The number of aliphatic hydroxyl groups excluding tert-OH is 1. The zero-order valence-electron chi connectivity index (χ0n) is 14.7. The molecule has 1 amide bonds. The number of aliphatic hydroxyl groups is 1. The second kappa shape index (κ2) is 8.13. The molecule has 1 aromatic carbocycles. The van der Waals surface area contributed by atoms with Gasteiger partial charge in [0, 0.05) is 32.6 Å². The molecule has 1 aromatic rings. The summed E-state index contributed by atoms with van der Waals surface area (Å²) in [6.45, 7) is 6.32. The van der Waals surface area contributed by atoms with Crippen LogP contribution in [-0.2, 0) is 4.79 Å². The van der Waals surface area contributed by atoms with Crippen molar-refractivity contribution in [3.8, 4) is 0 Å². The van der Waals surface area contributed by atoms with Gasteiger partial charge in [-0.3, -0.25) is 4.79 Å². The molecule has 24 heavy (non-hydrogen) atoms. The molecule has 3 rings (SSSR count). The normalized spacial score (nSPS) is 26.8. The third-order valence-corrected chi connectivity index (χ3v) is 5.64. The lowest BCUT2D eigenvalue weighted by Crippen LogP contribution is -2.46. The molecule has 2 aliphatic heterocycles. The van der Waals surface area contributed by atoms with Crippen molar-refractivity contribution < 1.29 is 9.90 Å². The molecule has 0 aromatic heterocycles. The Morgan fingerprint density at radius 2 is 2.00 bits per heavy atom. The van der Waals surface area contributed by atoms with Gasteiger partial charge in [-0.15, -0.1) is 0 Å². The van der Waals surface area contributed by atoms with Crippen molar-refractivity contribution >= 4 is 5.91 Å². The molecular weight excluding hydrogens is 300 g/mol. The van der Waals surface area contributed by atoms with Gasteiger partial charge in [0.25, 0.3) is 0 Å². The first-order chi connectivity index (χ1) is 11.7. The van der Waals surface area contributed by atoms with Crippen molar-refractivity contribution in [2.24, 2.45) is 5.92 Å². The number of carbonyl (C=O) groups is 1. The van der Waals surface area contributed by atoms with E-state index in [9.17, 15) is 9.90 Å². The maximum atomic E-state index is 11.7. The first-order valence-corrected chi connectivity index (χ1v) is 9.40. The zero-order valence-corrected chi connectivity index (χ0v) is 14.7. The summed E-state index contributed by atoms with van der Waals surface area (Å²) >= 11 is 0. The number of amides is 1. The molecule has 2 aliphatic rings. The summed E-state index contributed by atoms with van der Waals surface area (Å²) in [5.74, 6) is 1.47. The van der Waals surface area contributed by atoms with Gasteiger partial charge in [-0.05, 0) is 36.8 Å². The fourth-order valence-electron chi connectivity index (χ4n) is 4.33. The number of benzene rings is 1. The summed E-state index contributed by atoms with van der Waals surface area (Å²) in [5.41, 5.74) is 1.45. The van der Waals surface area contributed by atoms with E-state index in [1.807, 2.05) is 4.90 Å². The van der Waals surface area contributed by atoms with Crippen molar-refractivity contribution in [3.05, 3.63) is 35.9 Å². The van der Waals surface area contributed by atoms with Crippen LogP contribution in [0.3, 0.4) is 0 Å². The van der Waals surface area contributed by atoms with Crippen LogP contribution in [0.1, 0.15) is 44.1 Å². The van der Waals surface area contributed by atoms with E-state index in [0.29, 0.717) is 31.3 Å². The number of β-amino-alcohol motifs (C(OH)–C–C–N with tert-alkyl or cyclic N) is 1. The van der Waals surface area contributed by atoms with Gasteiger partial charge in [0.1, 0.15) is 0 Å². The standard InChI is InChI=1S/C20H30N2O2/c1-2-16-13-21(12-10-19(16)17-7-4-3-5-8-17)14-18(23)15-22-11-6-9-20(22)24/h3-5,7-8,16,18-19,23H,2,6,9-15H2,1H3/t16-,18+,19-/m1/s1. The highest BCUT2D eigenvalue weighted by Crippen LogP contribution is 2.34. The van der Waals surface area contributed by atoms with Crippen LogP contribution in [0.25, 0.3) is 0 Å². The van der Waals surface area contributed by atoms with Crippen LogP contribution in [0, 0.1) is 5.92 Å². The summed E-state index contributed by atoms with van der Waals surface area (Å²) in [4.78, 5) is 15.9. The number of rotatable bonds is 6. The Morgan fingerprint density at radius 3 is 2.67 bits per heavy atom. The van der Waals surface area contributed by atoms with Gasteiger partial charge in [-0.25, -0.2) is 0 Å². The molecule has 4 heteroatoms. The summed E-state index contributed by atoms with van der Waals surface area (Å²) in [6.07, 6.45) is 3.46. The minimum absolute atomic E-state index is 0.197. The van der Waals surface area contributed by atoms with Crippen molar-refractivity contribution in [2.45, 2.75) is 44.6 Å². The summed E-state index contributed by atoms with van der Waals surface area (Å²) < 4.78 is 0. The topological polar surface area (TPSA) is 43.8 Å². The van der Waals surface area contributed by atoms with Gasteiger partial charge in [0.15, 0.2) is 0 Å². The number of nitrogens with zero attached hydrogens (tertiary/aromatic N) is 2. The minimum atomic E-state index is -0.433. The Morgan fingerprint density at radius 1 is 1.21 bits per heavy atom. The quantitative estimate of drug-likeness (QED) is 0.871. The highest BCUT2D eigenvalue weighted by atomic mass is 16.3. The first kappa shape index (κ1) is 17.4. The Kier molecular flexibility index (Phi) is 5.90. The smallest absolute Gasteiger partial charge is 0.222 e. The Labute approximate surface area is 145 Å². The van der Waals surface area contributed by atoms with E-state index in [0.717, 1.165) is 38.9 Å². The van der Waals surface area contributed by atoms with E-state index in [1.54, 1.807) is 0 Å². The van der Waals surface area contributed by atoms with Crippen LogP contribution in [0.15, 0.2) is 30.3 Å². The third-order valence-electron chi connectivity index (χ3n) is 5.64. The average Bonchev–Trinajstić information content (AvgIpc) is 3.00. The molecule has 0 radical (unpaired) electrons. The number of carbonyl (C=O) groups excluding carboxylic acids is 1. The first-order valence-electron chi connectivity index (χ1n) is 9.40. The summed E-state index contributed by atoms with van der Waals surface area (Å²) in [6, 6.07) is 10.8. The molecule has 4 nitrogen and oxygen atoms in total. The largest absolute Gasteiger partial charge is 0.390 e. The van der Waals surface area contributed by atoms with Crippen molar-refractivity contribution in [3.63, 3.8) is 0 Å². The second-order valence-electron chi connectivity index (χ2n) is 7.33. The van der Waals surface area contributed by atoms with Crippen molar-refractivity contribution in [2.75, 3.05) is 32.7 Å². The van der Waals surface area contributed by atoms with Gasteiger partial charge in [-0.1, -0.05) is 43.7 Å². The van der Waals surface area contributed by atoms with E-state index in [2.05, 4.69) is 42.2 Å². The lowest BCUT2D eigenvalue weighted by molar-refractivity contribution is -0.129. The van der Waals surface area contributed by atoms with Crippen molar-refractivity contribution in [1.29, 1.82) is 0 Å². The van der Waals surface area contributed by atoms with E-state index >= 15 is 0 Å². The van der Waals surface area contributed by atoms with Gasteiger partial charge in [0.05, 0.1) is 6.10 Å².